The van der Waals surface area contributed by atoms with Gasteiger partial charge in [-0.3, -0.25) is 9.71 Å². The Morgan fingerprint density at radius 1 is 1.14 bits per heavy atom. The van der Waals surface area contributed by atoms with Crippen LogP contribution in [0.5, 0.6) is 0 Å². The van der Waals surface area contributed by atoms with Crippen LogP contribution >= 0.6 is 0 Å². The van der Waals surface area contributed by atoms with E-state index in [0.29, 0.717) is 23.2 Å². The first-order valence-electron chi connectivity index (χ1n) is 11.6. The number of carbonyl (C=O) groups is 1. The molecule has 3 aromatic rings. The van der Waals surface area contributed by atoms with Gasteiger partial charge in [-0.15, -0.1) is 0 Å². The number of hydrogen-bond donors (Lipinski definition) is 2. The molecule has 0 aliphatic carbocycles. The highest BCUT2D eigenvalue weighted by atomic mass is 32.2. The number of anilines is 1. The standard InChI is InChI=1S/C27H30N4O5S/c1-27(2,3)36-26(33)31(19-25(32)22-5-4-15-29-18-22)16-14-20-6-10-23(11-7-20)30-37(34,35)24-12-8-21(17-28)9-13-24/h4-13,15,18,25,30,32H,14,16,19H2,1-3H3/t25-/m0/s1. The molecular formula is C27H30N4O5S. The number of amides is 1. The first-order valence-corrected chi connectivity index (χ1v) is 13.1. The van der Waals surface area contributed by atoms with E-state index in [4.69, 9.17) is 10.00 Å². The Bertz CT molecular complexity index is 1330. The fourth-order valence-corrected chi connectivity index (χ4v) is 4.46. The third-order valence-corrected chi connectivity index (χ3v) is 6.68. The molecule has 1 aromatic heterocycles. The van der Waals surface area contributed by atoms with Crippen LogP contribution < -0.4 is 4.72 Å². The summed E-state index contributed by atoms with van der Waals surface area (Å²) in [7, 11) is -3.81. The van der Waals surface area contributed by atoms with Crippen molar-refractivity contribution in [3.63, 3.8) is 0 Å². The van der Waals surface area contributed by atoms with Crippen molar-refractivity contribution in [2.75, 3.05) is 17.8 Å². The fourth-order valence-electron chi connectivity index (χ4n) is 3.40. The number of aliphatic hydroxyl groups excluding tert-OH is 1. The highest BCUT2D eigenvalue weighted by Gasteiger charge is 2.24. The molecule has 10 heteroatoms. The maximum atomic E-state index is 12.8. The van der Waals surface area contributed by atoms with Gasteiger partial charge < -0.3 is 14.7 Å². The minimum Gasteiger partial charge on any atom is -0.444 e. The average molecular weight is 523 g/mol. The Hall–Kier alpha value is -3.94. The number of rotatable bonds is 9. The van der Waals surface area contributed by atoms with Crippen LogP contribution in [0, 0.1) is 11.3 Å². The molecule has 0 fully saturated rings. The number of nitrogens with zero attached hydrogens (tertiary/aromatic N) is 3. The van der Waals surface area contributed by atoms with Gasteiger partial charge in [0, 0.05) is 30.2 Å². The van der Waals surface area contributed by atoms with E-state index in [1.807, 2.05) is 6.07 Å². The average Bonchev–Trinajstić information content (AvgIpc) is 2.86. The highest BCUT2D eigenvalue weighted by molar-refractivity contribution is 7.92. The summed E-state index contributed by atoms with van der Waals surface area (Å²) in [5, 5.41) is 19.5. The molecule has 0 bridgehead atoms. The quantitative estimate of drug-likeness (QED) is 0.429. The van der Waals surface area contributed by atoms with Crippen molar-refractivity contribution < 1.29 is 23.1 Å². The van der Waals surface area contributed by atoms with Crippen molar-refractivity contribution in [1.82, 2.24) is 9.88 Å². The molecule has 0 aliphatic rings. The number of hydrogen-bond acceptors (Lipinski definition) is 7. The first-order chi connectivity index (χ1) is 17.5. The maximum absolute atomic E-state index is 12.8. The number of aromatic nitrogens is 1. The molecule has 37 heavy (non-hydrogen) atoms. The minimum atomic E-state index is -3.81. The number of nitrogens with one attached hydrogen (secondary N) is 1. The SMILES string of the molecule is CC(C)(C)OC(=O)N(CCc1ccc(NS(=O)(=O)c2ccc(C#N)cc2)cc1)C[C@H](O)c1cccnc1. The van der Waals surface area contributed by atoms with Gasteiger partial charge in [0.2, 0.25) is 0 Å². The molecule has 1 amide bonds. The number of benzene rings is 2. The summed E-state index contributed by atoms with van der Waals surface area (Å²) in [6.45, 7) is 5.64. The predicted molar refractivity (Wildman–Crippen MR) is 139 cm³/mol. The third kappa shape index (κ3) is 8.31. The molecular weight excluding hydrogens is 492 g/mol. The molecule has 194 valence electrons. The van der Waals surface area contributed by atoms with Crippen molar-refractivity contribution in [1.29, 1.82) is 5.26 Å². The zero-order valence-corrected chi connectivity index (χ0v) is 21.8. The predicted octanol–water partition coefficient (Wildman–Crippen LogP) is 4.27. The number of aliphatic hydroxyl groups is 1. The normalized spacial score (nSPS) is 12.3. The summed E-state index contributed by atoms with van der Waals surface area (Å²) in [4.78, 5) is 18.3. The molecule has 3 rings (SSSR count). The van der Waals surface area contributed by atoms with Crippen molar-refractivity contribution in [3.05, 3.63) is 89.7 Å². The lowest BCUT2D eigenvalue weighted by molar-refractivity contribution is 0.0146. The third-order valence-electron chi connectivity index (χ3n) is 5.28. The van der Waals surface area contributed by atoms with E-state index in [2.05, 4.69) is 9.71 Å². The molecule has 0 unspecified atom stereocenters. The first kappa shape index (κ1) is 27.6. The van der Waals surface area contributed by atoms with Gasteiger partial charge in [0.05, 0.1) is 29.2 Å². The van der Waals surface area contributed by atoms with Crippen LogP contribution in [-0.4, -0.2) is 48.2 Å². The monoisotopic (exact) mass is 522 g/mol. The molecule has 0 saturated heterocycles. The molecule has 9 nitrogen and oxygen atoms in total. The molecule has 1 atom stereocenters. The van der Waals surface area contributed by atoms with Gasteiger partial charge >= 0.3 is 6.09 Å². The summed E-state index contributed by atoms with van der Waals surface area (Å²) in [5.74, 6) is 0. The van der Waals surface area contributed by atoms with Crippen LogP contribution in [0.25, 0.3) is 0 Å². The van der Waals surface area contributed by atoms with E-state index in [0.717, 1.165) is 5.56 Å². The lowest BCUT2D eigenvalue weighted by Gasteiger charge is -2.29. The fraction of sp³-hybridized carbons (Fsp3) is 0.296. The highest BCUT2D eigenvalue weighted by Crippen LogP contribution is 2.19. The molecule has 0 spiro atoms. The zero-order chi connectivity index (χ0) is 27.1. The summed E-state index contributed by atoms with van der Waals surface area (Å²) in [5.41, 5.74) is 1.52. The van der Waals surface area contributed by atoms with Crippen molar-refractivity contribution >= 4 is 21.8 Å². The summed E-state index contributed by atoms with van der Waals surface area (Å²) < 4.78 is 33.3. The van der Waals surface area contributed by atoms with Gasteiger partial charge in [-0.2, -0.15) is 5.26 Å². The van der Waals surface area contributed by atoms with Gasteiger partial charge in [0.1, 0.15) is 5.60 Å². The number of pyridine rings is 1. The smallest absolute Gasteiger partial charge is 0.410 e. The van der Waals surface area contributed by atoms with Gasteiger partial charge in [0.25, 0.3) is 10.0 Å². The van der Waals surface area contributed by atoms with E-state index in [9.17, 15) is 18.3 Å². The largest absolute Gasteiger partial charge is 0.444 e. The lowest BCUT2D eigenvalue weighted by atomic mass is 10.1. The number of sulfonamides is 1. The Balaban J connectivity index is 1.66. The molecule has 0 aliphatic heterocycles. The van der Waals surface area contributed by atoms with Gasteiger partial charge in [-0.1, -0.05) is 18.2 Å². The summed E-state index contributed by atoms with van der Waals surface area (Å²) in [6.07, 6.45) is 2.15. The van der Waals surface area contributed by atoms with E-state index in [-0.39, 0.29) is 18.0 Å². The van der Waals surface area contributed by atoms with E-state index in [1.165, 1.54) is 29.2 Å². The molecule has 1 heterocycles. The van der Waals surface area contributed by atoms with E-state index in [1.54, 1.807) is 69.6 Å². The Morgan fingerprint density at radius 2 is 1.81 bits per heavy atom. The molecule has 2 aromatic carbocycles. The zero-order valence-electron chi connectivity index (χ0n) is 21.0. The Morgan fingerprint density at radius 3 is 2.38 bits per heavy atom. The van der Waals surface area contributed by atoms with E-state index < -0.39 is 27.8 Å². The second kappa shape index (κ2) is 11.9. The second-order valence-electron chi connectivity index (χ2n) is 9.42. The Labute approximate surface area is 217 Å². The van der Waals surface area contributed by atoms with Gasteiger partial charge in [0.15, 0.2) is 0 Å². The van der Waals surface area contributed by atoms with Crippen LogP contribution in [0.1, 0.15) is 43.6 Å². The summed E-state index contributed by atoms with van der Waals surface area (Å²) >= 11 is 0. The van der Waals surface area contributed by atoms with Gasteiger partial charge in [-0.25, -0.2) is 13.2 Å². The molecule has 0 saturated carbocycles. The van der Waals surface area contributed by atoms with E-state index >= 15 is 0 Å². The minimum absolute atomic E-state index is 0.0308. The van der Waals surface area contributed by atoms with Gasteiger partial charge in [-0.05, 0) is 75.2 Å². The lowest BCUT2D eigenvalue weighted by Crippen LogP contribution is -2.40. The number of nitriles is 1. The Kier molecular flexibility index (Phi) is 8.86. The second-order valence-corrected chi connectivity index (χ2v) is 11.1. The number of carbonyl (C=O) groups excluding carboxylic acids is 1. The topological polar surface area (TPSA) is 133 Å². The van der Waals surface area contributed by atoms with Crippen molar-refractivity contribution in [2.24, 2.45) is 0 Å². The van der Waals surface area contributed by atoms with Crippen LogP contribution in [0.3, 0.4) is 0 Å². The van der Waals surface area contributed by atoms with Crippen LogP contribution in [-0.2, 0) is 21.2 Å². The number of ether oxygens (including phenoxy) is 1. The van der Waals surface area contributed by atoms with Crippen molar-refractivity contribution in [3.8, 4) is 6.07 Å². The van der Waals surface area contributed by atoms with Crippen LogP contribution in [0.2, 0.25) is 0 Å². The molecule has 2 N–H and O–H groups in total. The van der Waals surface area contributed by atoms with Crippen LogP contribution in [0.4, 0.5) is 10.5 Å². The maximum Gasteiger partial charge on any atom is 0.410 e. The molecule has 0 radical (unpaired) electrons. The summed E-state index contributed by atoms with van der Waals surface area (Å²) in [6, 6.07) is 17.9. The van der Waals surface area contributed by atoms with Crippen LogP contribution in [0.15, 0.2) is 78.0 Å². The van der Waals surface area contributed by atoms with Crippen molar-refractivity contribution in [2.45, 2.75) is 43.8 Å².